The molecule has 1 heteroatoms. The fourth-order valence-corrected chi connectivity index (χ4v) is 1.78. The first-order chi connectivity index (χ1) is 7.69. The van der Waals surface area contributed by atoms with Gasteiger partial charge in [0.2, 0.25) is 0 Å². The van der Waals surface area contributed by atoms with E-state index in [0.717, 1.165) is 25.1 Å². The molecule has 0 fully saturated rings. The van der Waals surface area contributed by atoms with Gasteiger partial charge in [0.25, 0.3) is 0 Å². The maximum atomic E-state index is 5.19. The normalized spacial score (nSPS) is 14.0. The number of fused-ring (bicyclic) bond motifs is 1. The highest BCUT2D eigenvalue weighted by atomic mass is 35.5. The Morgan fingerprint density at radius 2 is 1.38 bits per heavy atom. The van der Waals surface area contributed by atoms with Crippen LogP contribution in [0.5, 0.6) is 0 Å². The molecule has 16 heavy (non-hydrogen) atoms. The van der Waals surface area contributed by atoms with E-state index in [4.69, 9.17) is 11.6 Å². The molecule has 0 nitrogen and oxygen atoms in total. The molecule has 0 saturated heterocycles. The Morgan fingerprint density at radius 1 is 1.00 bits per heavy atom. The molecule has 0 saturated carbocycles. The molecule has 0 aliphatic heterocycles. The summed E-state index contributed by atoms with van der Waals surface area (Å²) in [5, 5.41) is 0. The molecule has 0 aromatic heterocycles. The van der Waals surface area contributed by atoms with Crippen molar-refractivity contribution in [3.8, 4) is 0 Å². The van der Waals surface area contributed by atoms with Gasteiger partial charge in [-0.1, -0.05) is 42.3 Å². The number of hydrogen-bond acceptors (Lipinski definition) is 0. The van der Waals surface area contributed by atoms with Crippen molar-refractivity contribution in [2.45, 2.75) is 40.0 Å². The largest absolute Gasteiger partial charge is 0.127 e. The van der Waals surface area contributed by atoms with Crippen molar-refractivity contribution in [1.29, 1.82) is 0 Å². The first kappa shape index (κ1) is 13.3. The Hall–Kier alpha value is -0.750. The molecule has 0 unspecified atom stereocenters. The van der Waals surface area contributed by atoms with E-state index in [1.165, 1.54) is 11.1 Å². The minimum atomic E-state index is 0.792. The zero-order valence-corrected chi connectivity index (χ0v) is 11.3. The molecular formula is C15H21Cl. The van der Waals surface area contributed by atoms with Crippen molar-refractivity contribution in [1.82, 2.24) is 0 Å². The molecule has 0 N–H and O–H groups in total. The van der Waals surface area contributed by atoms with E-state index >= 15 is 0 Å². The van der Waals surface area contributed by atoms with Gasteiger partial charge < -0.3 is 0 Å². The van der Waals surface area contributed by atoms with Crippen molar-refractivity contribution < 1.29 is 0 Å². The molecule has 2 rings (SSSR count). The van der Waals surface area contributed by atoms with Gasteiger partial charge in [0, 0.05) is 5.88 Å². The second-order valence-electron chi connectivity index (χ2n) is 4.37. The van der Waals surface area contributed by atoms with Gasteiger partial charge in [0.05, 0.1) is 0 Å². The van der Waals surface area contributed by atoms with E-state index in [1.54, 1.807) is 11.1 Å². The van der Waals surface area contributed by atoms with Crippen LogP contribution in [0, 0.1) is 0 Å². The highest BCUT2D eigenvalue weighted by molar-refractivity contribution is 6.17. The molecule has 0 spiro atoms. The number of benzene rings is 1. The molecular weight excluding hydrogens is 216 g/mol. The van der Waals surface area contributed by atoms with Crippen molar-refractivity contribution in [3.05, 3.63) is 46.5 Å². The van der Waals surface area contributed by atoms with E-state index in [9.17, 15) is 0 Å². The predicted octanol–water partition coefficient (Wildman–Crippen LogP) is 4.76. The third-order valence-electron chi connectivity index (χ3n) is 2.95. The minimum Gasteiger partial charge on any atom is -0.127 e. The average Bonchev–Trinajstić information content (AvgIpc) is 2.31. The first-order valence-electron chi connectivity index (χ1n) is 5.97. The van der Waals surface area contributed by atoms with Crippen molar-refractivity contribution in [3.63, 3.8) is 0 Å². The van der Waals surface area contributed by atoms with E-state index < -0.39 is 0 Å². The summed E-state index contributed by atoms with van der Waals surface area (Å²) in [7, 11) is 0. The second-order valence-corrected chi connectivity index (χ2v) is 4.75. The SMILES string of the molecule is CC1=C(C)Cc2ccccc2C1.CCCCl. The molecule has 1 aliphatic rings. The molecule has 88 valence electrons. The maximum absolute atomic E-state index is 5.19. The van der Waals surface area contributed by atoms with Crippen molar-refractivity contribution in [2.24, 2.45) is 0 Å². The molecule has 0 amide bonds. The molecule has 1 aliphatic carbocycles. The Bertz CT molecular complexity index is 328. The molecule has 0 heterocycles. The fourth-order valence-electron chi connectivity index (χ4n) is 1.78. The van der Waals surface area contributed by atoms with Gasteiger partial charge in [0.15, 0.2) is 0 Å². The van der Waals surface area contributed by atoms with E-state index in [1.807, 2.05) is 6.92 Å². The summed E-state index contributed by atoms with van der Waals surface area (Å²) >= 11 is 5.19. The maximum Gasteiger partial charge on any atom is 0.0220 e. The Balaban J connectivity index is 0.000000280. The molecule has 0 radical (unpaired) electrons. The number of hydrogen-bond donors (Lipinski definition) is 0. The lowest BCUT2D eigenvalue weighted by Crippen LogP contribution is -2.04. The van der Waals surface area contributed by atoms with Gasteiger partial charge in [-0.3, -0.25) is 0 Å². The van der Waals surface area contributed by atoms with Crippen LogP contribution >= 0.6 is 11.6 Å². The quantitative estimate of drug-likeness (QED) is 0.487. The van der Waals surface area contributed by atoms with E-state index in [0.29, 0.717) is 0 Å². The molecule has 0 atom stereocenters. The van der Waals surface area contributed by atoms with Gasteiger partial charge >= 0.3 is 0 Å². The number of allylic oxidation sites excluding steroid dienone is 2. The second kappa shape index (κ2) is 6.75. The van der Waals surface area contributed by atoms with E-state index in [2.05, 4.69) is 38.1 Å². The summed E-state index contributed by atoms with van der Waals surface area (Å²) in [6.07, 6.45) is 3.39. The van der Waals surface area contributed by atoms with Crippen LogP contribution in [0.15, 0.2) is 35.4 Å². The monoisotopic (exact) mass is 236 g/mol. The van der Waals surface area contributed by atoms with E-state index in [-0.39, 0.29) is 0 Å². The van der Waals surface area contributed by atoms with Crippen LogP contribution < -0.4 is 0 Å². The van der Waals surface area contributed by atoms with Crippen LogP contribution in [0.4, 0.5) is 0 Å². The number of halogens is 1. The predicted molar refractivity (Wildman–Crippen MR) is 73.2 cm³/mol. The highest BCUT2D eigenvalue weighted by Gasteiger charge is 2.10. The average molecular weight is 237 g/mol. The van der Waals surface area contributed by atoms with Gasteiger partial charge in [-0.15, -0.1) is 11.6 Å². The molecule has 1 aromatic rings. The Morgan fingerprint density at radius 3 is 1.69 bits per heavy atom. The molecule has 0 bridgehead atoms. The van der Waals surface area contributed by atoms with Crippen molar-refractivity contribution in [2.75, 3.05) is 5.88 Å². The topological polar surface area (TPSA) is 0 Å². The van der Waals surface area contributed by atoms with Crippen LogP contribution in [0.25, 0.3) is 0 Å². The lowest BCUT2D eigenvalue weighted by Gasteiger charge is -2.18. The smallest absolute Gasteiger partial charge is 0.0220 e. The van der Waals surface area contributed by atoms with Crippen LogP contribution in [-0.4, -0.2) is 5.88 Å². The first-order valence-corrected chi connectivity index (χ1v) is 6.50. The third-order valence-corrected chi connectivity index (χ3v) is 3.33. The highest BCUT2D eigenvalue weighted by Crippen LogP contribution is 2.24. The van der Waals surface area contributed by atoms with Crippen LogP contribution in [0.1, 0.15) is 38.3 Å². The zero-order valence-electron chi connectivity index (χ0n) is 10.5. The Kier molecular flexibility index (Phi) is 5.62. The summed E-state index contributed by atoms with van der Waals surface area (Å²) < 4.78 is 0. The number of alkyl halides is 1. The van der Waals surface area contributed by atoms with Gasteiger partial charge in [-0.25, -0.2) is 0 Å². The number of rotatable bonds is 1. The Labute approximate surface area is 104 Å². The summed E-state index contributed by atoms with van der Waals surface area (Å²) in [4.78, 5) is 0. The van der Waals surface area contributed by atoms with Gasteiger partial charge in [-0.05, 0) is 44.2 Å². The minimum absolute atomic E-state index is 0.792. The lowest BCUT2D eigenvalue weighted by atomic mass is 9.88. The standard InChI is InChI=1S/C12H14.C3H7Cl/c1-9-7-11-5-3-4-6-12(11)8-10(9)2;1-2-3-4/h3-6H,7-8H2,1-2H3;2-3H2,1H3. The van der Waals surface area contributed by atoms with Gasteiger partial charge in [-0.2, -0.15) is 0 Å². The summed E-state index contributed by atoms with van der Waals surface area (Å²) in [5.74, 6) is 0.792. The summed E-state index contributed by atoms with van der Waals surface area (Å²) in [6, 6.07) is 8.75. The summed E-state index contributed by atoms with van der Waals surface area (Å²) in [6.45, 7) is 6.53. The fraction of sp³-hybridized carbons (Fsp3) is 0.467. The summed E-state index contributed by atoms with van der Waals surface area (Å²) in [5.41, 5.74) is 6.13. The van der Waals surface area contributed by atoms with Crippen LogP contribution in [-0.2, 0) is 12.8 Å². The van der Waals surface area contributed by atoms with Crippen LogP contribution in [0.3, 0.4) is 0 Å². The van der Waals surface area contributed by atoms with Crippen LogP contribution in [0.2, 0.25) is 0 Å². The lowest BCUT2D eigenvalue weighted by molar-refractivity contribution is 0.952. The molecule has 1 aromatic carbocycles. The third kappa shape index (κ3) is 3.68. The van der Waals surface area contributed by atoms with Gasteiger partial charge in [0.1, 0.15) is 0 Å². The zero-order chi connectivity index (χ0) is 12.0. The van der Waals surface area contributed by atoms with Crippen molar-refractivity contribution >= 4 is 11.6 Å².